The Kier molecular flexibility index (Phi) is 1.51. The Balaban J connectivity index is 2.95. The molecule has 0 saturated carbocycles. The molecule has 0 saturated heterocycles. The fourth-order valence-corrected chi connectivity index (χ4v) is 1.35. The van der Waals surface area contributed by atoms with Gasteiger partial charge in [-0.25, -0.2) is 4.99 Å². The predicted octanol–water partition coefficient (Wildman–Crippen LogP) is -1.50. The van der Waals surface area contributed by atoms with Gasteiger partial charge in [0.15, 0.2) is 4.99 Å². The Hall–Kier alpha value is -1.49. The standard InChI is InChI=1S/C7H4N2O2S/c10-12(11)7-4-6-5(9-7)2-1-3-8-6/h1-4H. The van der Waals surface area contributed by atoms with Crippen LogP contribution >= 0.6 is 0 Å². The zero-order valence-corrected chi connectivity index (χ0v) is 6.75. The number of hydrogen-bond acceptors (Lipinski definition) is 3. The number of aromatic nitrogens is 1. The van der Waals surface area contributed by atoms with Crippen LogP contribution < -0.4 is 10.7 Å². The van der Waals surface area contributed by atoms with Crippen molar-refractivity contribution in [1.29, 1.82) is 0 Å². The molecule has 0 aromatic carbocycles. The van der Waals surface area contributed by atoms with Gasteiger partial charge in [-0.3, -0.25) is 4.98 Å². The lowest BCUT2D eigenvalue weighted by molar-refractivity contribution is 0.627. The third kappa shape index (κ3) is 1.04. The van der Waals surface area contributed by atoms with Crippen LogP contribution in [0, 0.1) is 0 Å². The van der Waals surface area contributed by atoms with Gasteiger partial charge < -0.3 is 0 Å². The van der Waals surface area contributed by atoms with E-state index in [-0.39, 0.29) is 4.99 Å². The SMILES string of the molecule is O=S(=O)=C1C=c2ncccc2=N1. The van der Waals surface area contributed by atoms with Crippen LogP contribution in [-0.2, 0) is 10.3 Å². The van der Waals surface area contributed by atoms with Crippen LogP contribution in [0.1, 0.15) is 0 Å². The molecule has 0 atom stereocenters. The molecule has 0 aliphatic carbocycles. The maximum Gasteiger partial charge on any atom is 0.240 e. The Morgan fingerprint density at radius 2 is 2.17 bits per heavy atom. The largest absolute Gasteiger partial charge is 0.255 e. The van der Waals surface area contributed by atoms with E-state index in [2.05, 4.69) is 9.98 Å². The number of hydrogen-bond donors (Lipinski definition) is 0. The third-order valence-corrected chi connectivity index (χ3v) is 2.03. The summed E-state index contributed by atoms with van der Waals surface area (Å²) in [5, 5.41) is 1.22. The van der Waals surface area contributed by atoms with Crippen molar-refractivity contribution in [2.75, 3.05) is 0 Å². The first kappa shape index (κ1) is 7.17. The second-order valence-electron chi connectivity index (χ2n) is 2.24. The topological polar surface area (TPSA) is 59.4 Å². The summed E-state index contributed by atoms with van der Waals surface area (Å²) >= 11 is 0. The van der Waals surface area contributed by atoms with Gasteiger partial charge in [-0.05, 0) is 12.1 Å². The van der Waals surface area contributed by atoms with Crippen LogP contribution in [0.25, 0.3) is 6.08 Å². The Morgan fingerprint density at radius 3 is 2.83 bits per heavy atom. The van der Waals surface area contributed by atoms with Gasteiger partial charge in [0, 0.05) is 12.3 Å². The summed E-state index contributed by atoms with van der Waals surface area (Å²) in [5.41, 5.74) is 0. The minimum Gasteiger partial charge on any atom is -0.255 e. The summed E-state index contributed by atoms with van der Waals surface area (Å²) in [4.78, 5) is 7.83. The van der Waals surface area contributed by atoms with E-state index in [1.807, 2.05) is 0 Å². The second-order valence-corrected chi connectivity index (χ2v) is 3.12. The summed E-state index contributed by atoms with van der Waals surface area (Å²) in [5.74, 6) is 0. The molecule has 1 aromatic heterocycles. The first-order valence-corrected chi connectivity index (χ1v) is 4.32. The highest BCUT2D eigenvalue weighted by Gasteiger charge is 2.02. The molecule has 2 heterocycles. The van der Waals surface area contributed by atoms with Gasteiger partial charge in [-0.15, -0.1) is 0 Å². The van der Waals surface area contributed by atoms with E-state index in [0.29, 0.717) is 10.7 Å². The smallest absolute Gasteiger partial charge is 0.240 e. The molecule has 0 N–H and O–H groups in total. The summed E-state index contributed by atoms with van der Waals surface area (Å²) < 4.78 is 21.0. The van der Waals surface area contributed by atoms with Crippen molar-refractivity contribution in [3.8, 4) is 0 Å². The van der Waals surface area contributed by atoms with Gasteiger partial charge in [-0.2, -0.15) is 8.42 Å². The molecule has 1 aliphatic rings. The normalized spacial score (nSPS) is 13.2. The van der Waals surface area contributed by atoms with Crippen LogP contribution in [0.2, 0.25) is 0 Å². The minimum atomic E-state index is -2.26. The fraction of sp³-hybridized carbons (Fsp3) is 0. The predicted molar refractivity (Wildman–Crippen MR) is 43.4 cm³/mol. The quantitative estimate of drug-likeness (QED) is 0.457. The first-order valence-electron chi connectivity index (χ1n) is 3.25. The van der Waals surface area contributed by atoms with E-state index in [4.69, 9.17) is 0 Å². The van der Waals surface area contributed by atoms with Crippen LogP contribution in [-0.4, -0.2) is 18.4 Å². The molecular weight excluding hydrogens is 176 g/mol. The maximum absolute atomic E-state index is 10.5. The lowest BCUT2D eigenvalue weighted by Gasteiger charge is -1.77. The zero-order chi connectivity index (χ0) is 8.55. The minimum absolute atomic E-state index is 0.0451. The van der Waals surface area contributed by atoms with Crippen molar-refractivity contribution in [3.63, 3.8) is 0 Å². The van der Waals surface area contributed by atoms with Crippen LogP contribution in [0.5, 0.6) is 0 Å². The molecular formula is C7H4N2O2S. The fourth-order valence-electron chi connectivity index (χ4n) is 0.968. The van der Waals surface area contributed by atoms with Gasteiger partial charge in [0.25, 0.3) is 0 Å². The van der Waals surface area contributed by atoms with Crippen molar-refractivity contribution in [2.24, 2.45) is 4.99 Å². The number of nitrogens with zero attached hydrogens (tertiary/aromatic N) is 2. The van der Waals surface area contributed by atoms with Crippen molar-refractivity contribution < 1.29 is 8.42 Å². The lowest BCUT2D eigenvalue weighted by Crippen LogP contribution is -2.23. The van der Waals surface area contributed by atoms with Gasteiger partial charge in [-0.1, -0.05) is 0 Å². The van der Waals surface area contributed by atoms with E-state index < -0.39 is 10.3 Å². The highest BCUT2D eigenvalue weighted by Crippen LogP contribution is 1.82. The van der Waals surface area contributed by atoms with Crippen molar-refractivity contribution >= 4 is 21.4 Å². The summed E-state index contributed by atoms with van der Waals surface area (Å²) in [6.45, 7) is 0. The van der Waals surface area contributed by atoms with Crippen molar-refractivity contribution in [2.45, 2.75) is 0 Å². The molecule has 1 aliphatic heterocycles. The molecule has 0 fully saturated rings. The second kappa shape index (κ2) is 2.53. The summed E-state index contributed by atoms with van der Waals surface area (Å²) in [6.07, 6.45) is 3.04. The number of pyridine rings is 1. The molecule has 1 aromatic rings. The Morgan fingerprint density at radius 1 is 1.33 bits per heavy atom. The van der Waals surface area contributed by atoms with Crippen LogP contribution in [0.15, 0.2) is 23.3 Å². The monoisotopic (exact) mass is 180 g/mol. The van der Waals surface area contributed by atoms with Crippen LogP contribution in [0.3, 0.4) is 0 Å². The molecule has 60 valence electrons. The summed E-state index contributed by atoms with van der Waals surface area (Å²) in [7, 11) is -2.26. The number of rotatable bonds is 0. The van der Waals surface area contributed by atoms with E-state index in [0.717, 1.165) is 0 Å². The maximum atomic E-state index is 10.5. The molecule has 12 heavy (non-hydrogen) atoms. The van der Waals surface area contributed by atoms with Crippen molar-refractivity contribution in [3.05, 3.63) is 29.0 Å². The van der Waals surface area contributed by atoms with Crippen LogP contribution in [0.4, 0.5) is 0 Å². The van der Waals surface area contributed by atoms with E-state index in [1.54, 1.807) is 18.3 Å². The van der Waals surface area contributed by atoms with Gasteiger partial charge in [0.2, 0.25) is 10.3 Å². The van der Waals surface area contributed by atoms with E-state index in [1.165, 1.54) is 6.08 Å². The zero-order valence-electron chi connectivity index (χ0n) is 5.93. The number of fused-ring (bicyclic) bond motifs is 1. The van der Waals surface area contributed by atoms with E-state index >= 15 is 0 Å². The molecule has 2 rings (SSSR count). The van der Waals surface area contributed by atoms with Gasteiger partial charge in [0.1, 0.15) is 0 Å². The van der Waals surface area contributed by atoms with E-state index in [9.17, 15) is 8.42 Å². The molecule has 5 heteroatoms. The molecule has 4 nitrogen and oxygen atoms in total. The Labute approximate surface area is 69.4 Å². The Bertz CT molecular complexity index is 527. The van der Waals surface area contributed by atoms with Gasteiger partial charge in [0.05, 0.1) is 10.7 Å². The first-order chi connectivity index (χ1) is 5.77. The molecule has 0 spiro atoms. The molecule has 0 radical (unpaired) electrons. The highest BCUT2D eigenvalue weighted by molar-refractivity contribution is 7.73. The molecule has 0 unspecified atom stereocenters. The average molecular weight is 180 g/mol. The molecule has 0 amide bonds. The highest BCUT2D eigenvalue weighted by atomic mass is 32.2. The lowest BCUT2D eigenvalue weighted by atomic mass is 10.4. The van der Waals surface area contributed by atoms with Gasteiger partial charge >= 0.3 is 0 Å². The third-order valence-electron chi connectivity index (χ3n) is 1.48. The molecule has 0 bridgehead atoms. The van der Waals surface area contributed by atoms with Crippen molar-refractivity contribution in [1.82, 2.24) is 4.98 Å². The average Bonchev–Trinajstić information content (AvgIpc) is 2.46. The summed E-state index contributed by atoms with van der Waals surface area (Å²) in [6, 6.07) is 3.44.